The summed E-state index contributed by atoms with van der Waals surface area (Å²) in [4.78, 5) is 27.4. The van der Waals surface area contributed by atoms with Crippen molar-refractivity contribution >= 4 is 23.2 Å². The number of para-hydroxylation sites is 1. The molecule has 3 aromatic rings. The van der Waals surface area contributed by atoms with Gasteiger partial charge in [0.15, 0.2) is 5.60 Å². The monoisotopic (exact) mass is 386 g/mol. The minimum Gasteiger partial charge on any atom is -0.372 e. The Bertz CT molecular complexity index is 1090. The highest BCUT2D eigenvalue weighted by Crippen LogP contribution is 2.44. The van der Waals surface area contributed by atoms with E-state index in [0.29, 0.717) is 22.5 Å². The smallest absolute Gasteiger partial charge is 0.268 e. The first kappa shape index (κ1) is 18.9. The quantitative estimate of drug-likeness (QED) is 0.721. The van der Waals surface area contributed by atoms with E-state index in [0.717, 1.165) is 11.1 Å². The Kier molecular flexibility index (Phi) is 4.68. The van der Waals surface area contributed by atoms with Gasteiger partial charge in [-0.3, -0.25) is 14.5 Å². The fraction of sp³-hybridized carbons (Fsp3) is 0.167. The number of hydrogen-bond acceptors (Lipinski definition) is 3. The summed E-state index contributed by atoms with van der Waals surface area (Å²) in [6.07, 6.45) is 0. The molecule has 4 rings (SSSR count). The number of hydrogen-bond donors (Lipinski definition) is 2. The van der Waals surface area contributed by atoms with Crippen LogP contribution in [0, 0.1) is 13.8 Å². The van der Waals surface area contributed by atoms with Crippen molar-refractivity contribution in [1.29, 1.82) is 0 Å². The molecule has 146 valence electrons. The van der Waals surface area contributed by atoms with Crippen LogP contribution >= 0.6 is 0 Å². The normalized spacial score (nSPS) is 17.9. The molecule has 0 unspecified atom stereocenters. The van der Waals surface area contributed by atoms with Crippen LogP contribution in [0.15, 0.2) is 72.8 Å². The summed E-state index contributed by atoms with van der Waals surface area (Å²) >= 11 is 0. The first-order valence-corrected chi connectivity index (χ1v) is 9.48. The number of benzene rings is 3. The van der Waals surface area contributed by atoms with Crippen LogP contribution in [0.1, 0.15) is 22.3 Å². The second-order valence-electron chi connectivity index (χ2n) is 7.28. The van der Waals surface area contributed by atoms with E-state index < -0.39 is 11.5 Å². The number of amides is 2. The van der Waals surface area contributed by atoms with Crippen LogP contribution < -0.4 is 10.2 Å². The van der Waals surface area contributed by atoms with E-state index in [1.54, 1.807) is 48.5 Å². The fourth-order valence-corrected chi connectivity index (χ4v) is 3.77. The number of rotatable bonds is 4. The number of aliphatic hydroxyl groups is 1. The summed E-state index contributed by atoms with van der Waals surface area (Å²) in [7, 11) is 0. The van der Waals surface area contributed by atoms with Crippen LogP contribution in [0.2, 0.25) is 0 Å². The molecule has 0 aliphatic carbocycles. The van der Waals surface area contributed by atoms with Crippen LogP contribution in [0.4, 0.5) is 11.4 Å². The zero-order valence-electron chi connectivity index (χ0n) is 16.3. The van der Waals surface area contributed by atoms with E-state index in [1.165, 1.54) is 4.90 Å². The summed E-state index contributed by atoms with van der Waals surface area (Å²) in [6.45, 7) is 3.74. The number of fused-ring (bicyclic) bond motifs is 1. The minimum atomic E-state index is -1.81. The lowest BCUT2D eigenvalue weighted by Crippen LogP contribution is -2.44. The van der Waals surface area contributed by atoms with Crippen molar-refractivity contribution in [1.82, 2.24) is 0 Å². The second-order valence-corrected chi connectivity index (χ2v) is 7.28. The molecule has 0 saturated carbocycles. The van der Waals surface area contributed by atoms with Crippen molar-refractivity contribution in [2.24, 2.45) is 0 Å². The molecule has 1 atom stereocenters. The van der Waals surface area contributed by atoms with Crippen LogP contribution in [-0.4, -0.2) is 23.5 Å². The first-order valence-electron chi connectivity index (χ1n) is 9.48. The minimum absolute atomic E-state index is 0.182. The van der Waals surface area contributed by atoms with Gasteiger partial charge in [-0.05, 0) is 42.7 Å². The Hall–Kier alpha value is -3.44. The van der Waals surface area contributed by atoms with Gasteiger partial charge < -0.3 is 10.4 Å². The SMILES string of the molecule is Cc1cccc(NC(=O)CN2C(=O)[C@](O)(c3ccccc3)c3ccccc32)c1C. The Morgan fingerprint density at radius 1 is 0.966 bits per heavy atom. The van der Waals surface area contributed by atoms with E-state index in [4.69, 9.17) is 0 Å². The molecule has 0 aromatic heterocycles. The van der Waals surface area contributed by atoms with Crippen molar-refractivity contribution in [2.45, 2.75) is 19.4 Å². The zero-order chi connectivity index (χ0) is 20.6. The standard InChI is InChI=1S/C24H22N2O3/c1-16-9-8-13-20(17(16)2)25-22(27)15-26-21-14-7-6-12-19(21)24(29,23(26)28)18-10-4-3-5-11-18/h3-14,29H,15H2,1-2H3,(H,25,27)/t24-/m0/s1. The molecule has 1 heterocycles. The van der Waals surface area contributed by atoms with E-state index in [-0.39, 0.29) is 12.5 Å². The van der Waals surface area contributed by atoms with Gasteiger partial charge in [0, 0.05) is 11.3 Å². The van der Waals surface area contributed by atoms with Gasteiger partial charge >= 0.3 is 0 Å². The van der Waals surface area contributed by atoms with Crippen molar-refractivity contribution in [2.75, 3.05) is 16.8 Å². The van der Waals surface area contributed by atoms with Gasteiger partial charge in [-0.15, -0.1) is 0 Å². The number of nitrogens with one attached hydrogen (secondary N) is 1. The maximum Gasteiger partial charge on any atom is 0.268 e. The van der Waals surface area contributed by atoms with E-state index in [9.17, 15) is 14.7 Å². The number of anilines is 2. The maximum atomic E-state index is 13.3. The molecule has 0 saturated heterocycles. The molecule has 1 aliphatic heterocycles. The molecule has 2 amide bonds. The Balaban J connectivity index is 1.66. The summed E-state index contributed by atoms with van der Waals surface area (Å²) in [5.74, 6) is -0.847. The van der Waals surface area contributed by atoms with Gasteiger partial charge in [-0.2, -0.15) is 0 Å². The number of carbonyl (C=O) groups excluding carboxylic acids is 2. The van der Waals surface area contributed by atoms with Gasteiger partial charge in [0.25, 0.3) is 5.91 Å². The predicted molar refractivity (Wildman–Crippen MR) is 113 cm³/mol. The summed E-state index contributed by atoms with van der Waals surface area (Å²) < 4.78 is 0. The molecule has 29 heavy (non-hydrogen) atoms. The molecule has 1 aliphatic rings. The Morgan fingerprint density at radius 2 is 1.66 bits per heavy atom. The highest BCUT2D eigenvalue weighted by atomic mass is 16.3. The average Bonchev–Trinajstić information content (AvgIpc) is 2.95. The molecule has 0 bridgehead atoms. The third-order valence-corrected chi connectivity index (χ3v) is 5.51. The van der Waals surface area contributed by atoms with Crippen LogP contribution in [0.3, 0.4) is 0 Å². The lowest BCUT2D eigenvalue weighted by Gasteiger charge is -2.23. The number of carbonyl (C=O) groups is 2. The summed E-state index contributed by atoms with van der Waals surface area (Å²) in [5.41, 5.74) is 2.47. The van der Waals surface area contributed by atoms with Crippen LogP contribution in [0.5, 0.6) is 0 Å². The van der Waals surface area contributed by atoms with Gasteiger partial charge in [-0.25, -0.2) is 0 Å². The van der Waals surface area contributed by atoms with Gasteiger partial charge in [0.1, 0.15) is 6.54 Å². The highest BCUT2D eigenvalue weighted by Gasteiger charge is 2.51. The van der Waals surface area contributed by atoms with E-state index in [2.05, 4.69) is 5.32 Å². The molecular weight excluding hydrogens is 364 g/mol. The predicted octanol–water partition coefficient (Wildman–Crippen LogP) is 3.52. The third kappa shape index (κ3) is 3.09. The van der Waals surface area contributed by atoms with Crippen molar-refractivity contribution in [3.05, 3.63) is 95.1 Å². The molecule has 5 nitrogen and oxygen atoms in total. The lowest BCUT2D eigenvalue weighted by atomic mass is 9.88. The van der Waals surface area contributed by atoms with Crippen LogP contribution in [0.25, 0.3) is 0 Å². The second kappa shape index (κ2) is 7.18. The third-order valence-electron chi connectivity index (χ3n) is 5.51. The average molecular weight is 386 g/mol. The van der Waals surface area contributed by atoms with E-state index >= 15 is 0 Å². The van der Waals surface area contributed by atoms with Crippen molar-refractivity contribution in [3.63, 3.8) is 0 Å². The van der Waals surface area contributed by atoms with Crippen molar-refractivity contribution in [3.8, 4) is 0 Å². The largest absolute Gasteiger partial charge is 0.372 e. The molecular formula is C24H22N2O3. The summed E-state index contributed by atoms with van der Waals surface area (Å²) in [5, 5.41) is 14.3. The van der Waals surface area contributed by atoms with Crippen LogP contribution in [-0.2, 0) is 15.2 Å². The molecule has 0 radical (unpaired) electrons. The zero-order valence-corrected chi connectivity index (χ0v) is 16.3. The molecule has 0 fully saturated rings. The lowest BCUT2D eigenvalue weighted by molar-refractivity contribution is -0.133. The molecule has 5 heteroatoms. The molecule has 2 N–H and O–H groups in total. The van der Waals surface area contributed by atoms with E-state index in [1.807, 2.05) is 38.1 Å². The Labute approximate surface area is 169 Å². The molecule has 3 aromatic carbocycles. The number of aryl methyl sites for hydroxylation is 1. The first-order chi connectivity index (χ1) is 13.9. The van der Waals surface area contributed by atoms with Crippen molar-refractivity contribution < 1.29 is 14.7 Å². The molecule has 0 spiro atoms. The Morgan fingerprint density at radius 3 is 2.41 bits per heavy atom. The van der Waals surface area contributed by atoms with Gasteiger partial charge in [-0.1, -0.05) is 60.7 Å². The maximum absolute atomic E-state index is 13.3. The van der Waals surface area contributed by atoms with Gasteiger partial charge in [0.2, 0.25) is 5.91 Å². The topological polar surface area (TPSA) is 69.6 Å². The fourth-order valence-electron chi connectivity index (χ4n) is 3.77. The highest BCUT2D eigenvalue weighted by molar-refractivity contribution is 6.12. The van der Waals surface area contributed by atoms with Gasteiger partial charge in [0.05, 0.1) is 5.69 Å². The number of nitrogens with zero attached hydrogens (tertiary/aromatic N) is 1. The summed E-state index contributed by atoms with van der Waals surface area (Å²) in [6, 6.07) is 21.5.